The van der Waals surface area contributed by atoms with E-state index in [0.717, 1.165) is 12.1 Å². The zero-order valence-electron chi connectivity index (χ0n) is 12.5. The summed E-state index contributed by atoms with van der Waals surface area (Å²) in [4.78, 5) is 0.352. The normalized spacial score (nSPS) is 18.2. The zero-order chi connectivity index (χ0) is 18.2. The monoisotopic (exact) mass is 437 g/mol. The molecule has 2 aromatic carbocycles. The van der Waals surface area contributed by atoms with E-state index >= 15 is 0 Å². The number of hydrogen-bond acceptors (Lipinski definition) is 4. The highest BCUT2D eigenvalue weighted by Gasteiger charge is 2.50. The number of thioether (sulfide) groups is 1. The van der Waals surface area contributed by atoms with Crippen molar-refractivity contribution in [3.63, 3.8) is 0 Å². The minimum Gasteiger partial charge on any atom is -0.456 e. The predicted molar refractivity (Wildman–Crippen MR) is 89.2 cm³/mol. The van der Waals surface area contributed by atoms with E-state index in [1.54, 1.807) is 0 Å². The van der Waals surface area contributed by atoms with Crippen LogP contribution in [0.25, 0.3) is 0 Å². The molecule has 1 aliphatic rings. The van der Waals surface area contributed by atoms with Crippen molar-refractivity contribution in [3.05, 3.63) is 52.0 Å². The van der Waals surface area contributed by atoms with Crippen LogP contribution in [0.15, 0.2) is 39.7 Å². The quantitative estimate of drug-likeness (QED) is 0.656. The second kappa shape index (κ2) is 7.14. The van der Waals surface area contributed by atoms with Crippen molar-refractivity contribution >= 4 is 27.7 Å². The number of ether oxygens (including phenoxy) is 1. The van der Waals surface area contributed by atoms with Gasteiger partial charge >= 0.3 is 5.25 Å². The molecule has 0 spiro atoms. The van der Waals surface area contributed by atoms with E-state index in [-0.39, 0.29) is 34.7 Å². The maximum Gasteiger partial charge on any atom is 0.317 e. The molecule has 0 amide bonds. The third kappa shape index (κ3) is 3.79. The van der Waals surface area contributed by atoms with Crippen molar-refractivity contribution in [3.8, 4) is 11.5 Å². The average Bonchev–Trinajstić information content (AvgIpc) is 2.77. The fourth-order valence-electron chi connectivity index (χ4n) is 2.51. The molecule has 1 atom stereocenters. The first kappa shape index (κ1) is 18.5. The molecule has 0 saturated heterocycles. The van der Waals surface area contributed by atoms with Gasteiger partial charge in [-0.05, 0) is 39.8 Å². The number of hydrogen-bond donors (Lipinski definition) is 2. The van der Waals surface area contributed by atoms with Crippen LogP contribution in [0.1, 0.15) is 11.6 Å². The van der Waals surface area contributed by atoms with Crippen LogP contribution in [0.2, 0.25) is 0 Å². The SMILES string of the molecule is OCCNC1c2c(ccc(Oc3cc(F)cc(F)c3)c2Br)SC1(F)F. The Balaban J connectivity index is 1.97. The van der Waals surface area contributed by atoms with E-state index in [9.17, 15) is 17.6 Å². The molecule has 1 aliphatic heterocycles. The number of fused-ring (bicyclic) bond motifs is 1. The van der Waals surface area contributed by atoms with E-state index in [1.807, 2.05) is 0 Å². The molecule has 3 rings (SSSR count). The minimum atomic E-state index is -3.11. The molecule has 1 heterocycles. The lowest BCUT2D eigenvalue weighted by Gasteiger charge is -2.21. The van der Waals surface area contributed by atoms with Gasteiger partial charge in [-0.25, -0.2) is 8.78 Å². The number of benzene rings is 2. The van der Waals surface area contributed by atoms with Gasteiger partial charge in [-0.1, -0.05) is 0 Å². The molecule has 3 nitrogen and oxygen atoms in total. The summed E-state index contributed by atoms with van der Waals surface area (Å²) in [6.45, 7) is -0.296. The largest absolute Gasteiger partial charge is 0.456 e. The minimum absolute atomic E-state index is 0.00705. The molecule has 2 aromatic rings. The Labute approximate surface area is 153 Å². The summed E-state index contributed by atoms with van der Waals surface area (Å²) in [7, 11) is 0. The number of nitrogens with one attached hydrogen (secondary N) is 1. The standard InChI is InChI=1S/C16H12BrF4NO2S/c17-14-11(24-10-6-8(18)5-9(19)7-10)1-2-12-13(14)15(22-3-4-23)16(20,21)25-12/h1-2,5-7,15,22-23H,3-4H2. The number of alkyl halides is 2. The first-order valence-corrected chi connectivity index (χ1v) is 8.80. The Morgan fingerprint density at radius 3 is 2.52 bits per heavy atom. The van der Waals surface area contributed by atoms with Crippen molar-refractivity contribution in [1.29, 1.82) is 0 Å². The Kier molecular flexibility index (Phi) is 5.29. The molecule has 0 aliphatic carbocycles. The van der Waals surface area contributed by atoms with Gasteiger partial charge in [0.15, 0.2) is 0 Å². The van der Waals surface area contributed by atoms with Crippen LogP contribution >= 0.6 is 27.7 Å². The van der Waals surface area contributed by atoms with Crippen LogP contribution in [-0.2, 0) is 0 Å². The third-order valence-corrected chi connectivity index (χ3v) is 5.40. The Morgan fingerprint density at radius 1 is 1.20 bits per heavy atom. The summed E-state index contributed by atoms with van der Waals surface area (Å²) in [5.74, 6) is -1.55. The number of rotatable bonds is 5. The summed E-state index contributed by atoms with van der Waals surface area (Å²) in [5.41, 5.74) is 0.276. The first-order chi connectivity index (χ1) is 11.8. The van der Waals surface area contributed by atoms with Crippen LogP contribution in [0, 0.1) is 11.6 Å². The van der Waals surface area contributed by atoms with Crippen LogP contribution in [0.3, 0.4) is 0 Å². The Morgan fingerprint density at radius 2 is 1.88 bits per heavy atom. The molecule has 0 saturated carbocycles. The van der Waals surface area contributed by atoms with Crippen LogP contribution in [0.5, 0.6) is 11.5 Å². The molecule has 0 radical (unpaired) electrons. The van der Waals surface area contributed by atoms with E-state index < -0.39 is 22.9 Å². The van der Waals surface area contributed by atoms with Gasteiger partial charge in [0.1, 0.15) is 29.2 Å². The third-order valence-electron chi connectivity index (χ3n) is 3.50. The average molecular weight is 438 g/mol. The van der Waals surface area contributed by atoms with Gasteiger partial charge in [-0.2, -0.15) is 8.78 Å². The van der Waals surface area contributed by atoms with Gasteiger partial charge in [-0.15, -0.1) is 0 Å². The summed E-state index contributed by atoms with van der Waals surface area (Å²) < 4.78 is 60.7. The maximum absolute atomic E-state index is 14.2. The van der Waals surface area contributed by atoms with Gasteiger partial charge in [0.25, 0.3) is 0 Å². The molecule has 1 unspecified atom stereocenters. The smallest absolute Gasteiger partial charge is 0.317 e. The fourth-order valence-corrected chi connectivity index (χ4v) is 4.37. The number of aliphatic hydroxyl groups excluding tert-OH is 1. The van der Waals surface area contributed by atoms with Crippen molar-refractivity contribution in [2.45, 2.75) is 16.2 Å². The van der Waals surface area contributed by atoms with E-state index in [1.165, 1.54) is 12.1 Å². The molecule has 2 N–H and O–H groups in total. The highest BCUT2D eigenvalue weighted by molar-refractivity contribution is 9.10. The highest BCUT2D eigenvalue weighted by atomic mass is 79.9. The lowest BCUT2D eigenvalue weighted by atomic mass is 10.1. The molecule has 25 heavy (non-hydrogen) atoms. The van der Waals surface area contributed by atoms with Crippen molar-refractivity contribution in [2.24, 2.45) is 0 Å². The lowest BCUT2D eigenvalue weighted by Crippen LogP contribution is -2.33. The molecule has 0 aromatic heterocycles. The van der Waals surface area contributed by atoms with Crippen molar-refractivity contribution in [2.75, 3.05) is 13.2 Å². The van der Waals surface area contributed by atoms with Crippen LogP contribution in [-0.4, -0.2) is 23.5 Å². The highest BCUT2D eigenvalue weighted by Crippen LogP contribution is 2.57. The summed E-state index contributed by atoms with van der Waals surface area (Å²) in [6.07, 6.45) is 0. The maximum atomic E-state index is 14.2. The van der Waals surface area contributed by atoms with Crippen molar-refractivity contribution < 1.29 is 27.4 Å². The van der Waals surface area contributed by atoms with E-state index in [2.05, 4.69) is 21.2 Å². The van der Waals surface area contributed by atoms with Crippen LogP contribution in [0.4, 0.5) is 17.6 Å². The predicted octanol–water partition coefficient (Wildman–Crippen LogP) is 4.84. The molecule has 0 bridgehead atoms. The number of aliphatic hydroxyl groups is 1. The molecule has 134 valence electrons. The summed E-state index contributed by atoms with van der Waals surface area (Å²) in [6, 6.07) is 4.27. The second-order valence-electron chi connectivity index (χ2n) is 5.27. The molecular weight excluding hydrogens is 426 g/mol. The topological polar surface area (TPSA) is 41.5 Å². The number of halogens is 5. The molecule has 9 heteroatoms. The zero-order valence-corrected chi connectivity index (χ0v) is 14.9. The Bertz CT molecular complexity index is 786. The summed E-state index contributed by atoms with van der Waals surface area (Å²) >= 11 is 3.65. The van der Waals surface area contributed by atoms with Gasteiger partial charge in [0, 0.05) is 35.2 Å². The second-order valence-corrected chi connectivity index (χ2v) is 7.25. The van der Waals surface area contributed by atoms with E-state index in [4.69, 9.17) is 9.84 Å². The Hall–Kier alpha value is -1.29. The van der Waals surface area contributed by atoms with Gasteiger partial charge < -0.3 is 15.2 Å². The van der Waals surface area contributed by atoms with Gasteiger partial charge in [-0.3, -0.25) is 0 Å². The van der Waals surface area contributed by atoms with Crippen molar-refractivity contribution in [1.82, 2.24) is 5.32 Å². The van der Waals surface area contributed by atoms with Gasteiger partial charge in [0.05, 0.1) is 11.1 Å². The lowest BCUT2D eigenvalue weighted by molar-refractivity contribution is 0.0612. The fraction of sp³-hybridized carbons (Fsp3) is 0.250. The molecular formula is C16H12BrF4NO2S. The molecule has 0 fully saturated rings. The summed E-state index contributed by atoms with van der Waals surface area (Å²) in [5, 5.41) is 8.39. The first-order valence-electron chi connectivity index (χ1n) is 7.19. The van der Waals surface area contributed by atoms with E-state index in [0.29, 0.717) is 22.7 Å². The van der Waals surface area contributed by atoms with Gasteiger partial charge in [0.2, 0.25) is 0 Å². The van der Waals surface area contributed by atoms with Crippen LogP contribution < -0.4 is 10.1 Å².